The monoisotopic (exact) mass is 428 g/mol. The molecule has 1 aliphatic rings. The van der Waals surface area contributed by atoms with Gasteiger partial charge in [0.2, 0.25) is 0 Å². The summed E-state index contributed by atoms with van der Waals surface area (Å²) >= 11 is 5.82. The molecule has 9 heteroatoms. The largest absolute Gasteiger partial charge is 0.436 e. The van der Waals surface area contributed by atoms with Crippen LogP contribution in [0.2, 0.25) is 5.02 Å². The predicted octanol–water partition coefficient (Wildman–Crippen LogP) is 3.95. The van der Waals surface area contributed by atoms with Gasteiger partial charge in [-0.25, -0.2) is 0 Å². The molecule has 3 rings (SSSR count). The highest BCUT2D eigenvalue weighted by atomic mass is 35.5. The Morgan fingerprint density at radius 2 is 2.03 bits per heavy atom. The number of rotatable bonds is 5. The van der Waals surface area contributed by atoms with Crippen molar-refractivity contribution in [3.63, 3.8) is 0 Å². The molecule has 0 N–H and O–H groups in total. The minimum Gasteiger partial charge on any atom is -0.366 e. The van der Waals surface area contributed by atoms with E-state index in [4.69, 9.17) is 11.6 Å². The van der Waals surface area contributed by atoms with Crippen LogP contribution in [0.4, 0.5) is 18.9 Å². The maximum Gasteiger partial charge on any atom is 0.436 e. The molecule has 2 aromatic rings. The van der Waals surface area contributed by atoms with Crippen molar-refractivity contribution in [3.8, 4) is 0 Å². The number of aryl methyl sites for hydroxylation is 1. The Labute approximate surface area is 173 Å². The van der Waals surface area contributed by atoms with Crippen LogP contribution < -0.4 is 4.90 Å². The fraction of sp³-hybridized carbons (Fsp3) is 0.500. The fourth-order valence-electron chi connectivity index (χ4n) is 3.78. The molecule has 1 aliphatic heterocycles. The number of carbonyl (C=O) groups excluding carboxylic acids is 1. The number of halogens is 4. The van der Waals surface area contributed by atoms with E-state index in [0.29, 0.717) is 13.1 Å². The van der Waals surface area contributed by atoms with Gasteiger partial charge in [0.05, 0.1) is 23.3 Å². The van der Waals surface area contributed by atoms with Gasteiger partial charge >= 0.3 is 6.18 Å². The summed E-state index contributed by atoms with van der Waals surface area (Å²) in [6, 6.07) is 7.82. The van der Waals surface area contributed by atoms with Crippen molar-refractivity contribution in [3.05, 3.63) is 46.2 Å². The molecule has 0 spiro atoms. The highest BCUT2D eigenvalue weighted by Crippen LogP contribution is 2.35. The second kappa shape index (κ2) is 8.36. The average molecular weight is 429 g/mol. The summed E-state index contributed by atoms with van der Waals surface area (Å²) < 4.78 is 40.3. The zero-order valence-corrected chi connectivity index (χ0v) is 17.3. The van der Waals surface area contributed by atoms with Crippen molar-refractivity contribution in [1.29, 1.82) is 0 Å². The number of benzene rings is 1. The zero-order valence-electron chi connectivity index (χ0n) is 16.6. The quantitative estimate of drug-likeness (QED) is 0.676. The third-order valence-corrected chi connectivity index (χ3v) is 5.83. The molecule has 0 amide bonds. The molecule has 1 saturated heterocycles. The van der Waals surface area contributed by atoms with E-state index in [1.165, 1.54) is 17.2 Å². The van der Waals surface area contributed by atoms with E-state index in [1.807, 2.05) is 24.0 Å². The van der Waals surface area contributed by atoms with E-state index >= 15 is 0 Å². The van der Waals surface area contributed by atoms with E-state index in [2.05, 4.69) is 29.1 Å². The SMILES string of the molecule is Cc1cccc(N2CCN(C(C=O)Cn3nc(C(F)(F)F)c(Cl)c3C)CC2C)c1. The molecule has 0 bridgehead atoms. The Morgan fingerprint density at radius 1 is 1.31 bits per heavy atom. The van der Waals surface area contributed by atoms with Crippen molar-refractivity contribution in [2.45, 2.75) is 45.6 Å². The zero-order chi connectivity index (χ0) is 21.3. The summed E-state index contributed by atoms with van der Waals surface area (Å²) in [5.74, 6) is 0. The lowest BCUT2D eigenvalue weighted by atomic mass is 10.1. The molecule has 2 heterocycles. The maximum atomic E-state index is 13.1. The van der Waals surface area contributed by atoms with Gasteiger partial charge in [-0.15, -0.1) is 0 Å². The number of carbonyl (C=O) groups is 1. The lowest BCUT2D eigenvalue weighted by molar-refractivity contribution is -0.141. The summed E-state index contributed by atoms with van der Waals surface area (Å²) in [5, 5.41) is 3.20. The van der Waals surface area contributed by atoms with Gasteiger partial charge in [0, 0.05) is 31.4 Å². The van der Waals surface area contributed by atoms with Gasteiger partial charge in [-0.2, -0.15) is 18.3 Å². The van der Waals surface area contributed by atoms with Crippen LogP contribution in [0.3, 0.4) is 0 Å². The van der Waals surface area contributed by atoms with E-state index in [9.17, 15) is 18.0 Å². The minimum absolute atomic E-state index is 0.0301. The first-order valence-electron chi connectivity index (χ1n) is 9.44. The van der Waals surface area contributed by atoms with Crippen LogP contribution in [0.1, 0.15) is 23.9 Å². The van der Waals surface area contributed by atoms with Gasteiger partial charge in [-0.05, 0) is 38.5 Å². The second-order valence-electron chi connectivity index (χ2n) is 7.51. The Morgan fingerprint density at radius 3 is 2.59 bits per heavy atom. The van der Waals surface area contributed by atoms with E-state index < -0.39 is 22.9 Å². The topological polar surface area (TPSA) is 41.4 Å². The van der Waals surface area contributed by atoms with Crippen LogP contribution in [-0.2, 0) is 17.5 Å². The Kier molecular flexibility index (Phi) is 6.24. The molecule has 0 saturated carbocycles. The number of piperazine rings is 1. The molecular weight excluding hydrogens is 405 g/mol. The highest BCUT2D eigenvalue weighted by molar-refractivity contribution is 6.31. The molecule has 5 nitrogen and oxygen atoms in total. The molecule has 1 fully saturated rings. The molecule has 2 atom stereocenters. The first kappa shape index (κ1) is 21.6. The molecule has 2 unspecified atom stereocenters. The lowest BCUT2D eigenvalue weighted by Crippen LogP contribution is -2.56. The number of aldehydes is 1. The number of alkyl halides is 3. The van der Waals surface area contributed by atoms with Gasteiger partial charge in [0.25, 0.3) is 0 Å². The molecule has 158 valence electrons. The van der Waals surface area contributed by atoms with E-state index in [1.54, 1.807) is 0 Å². The summed E-state index contributed by atoms with van der Waals surface area (Å²) in [7, 11) is 0. The summed E-state index contributed by atoms with van der Waals surface area (Å²) in [4.78, 5) is 16.0. The van der Waals surface area contributed by atoms with E-state index in [-0.39, 0.29) is 18.3 Å². The molecule has 29 heavy (non-hydrogen) atoms. The van der Waals surface area contributed by atoms with Crippen molar-refractivity contribution >= 4 is 23.6 Å². The first-order valence-corrected chi connectivity index (χ1v) is 9.82. The van der Waals surface area contributed by atoms with Gasteiger partial charge in [0.15, 0.2) is 5.69 Å². The number of anilines is 1. The molecule has 0 radical (unpaired) electrons. The number of nitrogens with zero attached hydrogens (tertiary/aromatic N) is 4. The van der Waals surface area contributed by atoms with Gasteiger partial charge in [-0.3, -0.25) is 9.58 Å². The van der Waals surface area contributed by atoms with Crippen molar-refractivity contribution in [1.82, 2.24) is 14.7 Å². The molecule has 1 aromatic carbocycles. The fourth-order valence-corrected chi connectivity index (χ4v) is 4.02. The molecular formula is C20H24ClF3N4O. The van der Waals surface area contributed by atoms with Crippen molar-refractivity contribution in [2.75, 3.05) is 24.5 Å². The van der Waals surface area contributed by atoms with E-state index in [0.717, 1.165) is 18.5 Å². The van der Waals surface area contributed by atoms with Crippen LogP contribution in [0, 0.1) is 13.8 Å². The summed E-state index contributed by atoms with van der Waals surface area (Å²) in [6.45, 7) is 7.60. The standard InChI is InChI=1S/C20H24ClF3N4O/c1-13-5-4-6-16(9-13)27-8-7-26(10-14(27)2)17(12-29)11-28-15(3)18(21)19(25-28)20(22,23)24/h4-6,9,12,14,17H,7-8,10-11H2,1-3H3. The van der Waals surface area contributed by atoms with Crippen LogP contribution in [0.25, 0.3) is 0 Å². The summed E-state index contributed by atoms with van der Waals surface area (Å²) in [6.07, 6.45) is -3.85. The van der Waals surface area contributed by atoms with Crippen molar-refractivity contribution in [2.24, 2.45) is 0 Å². The molecule has 1 aromatic heterocycles. The van der Waals surface area contributed by atoms with Crippen LogP contribution in [0.5, 0.6) is 0 Å². The van der Waals surface area contributed by atoms with Crippen LogP contribution in [0.15, 0.2) is 24.3 Å². The van der Waals surface area contributed by atoms with Gasteiger partial charge in [-0.1, -0.05) is 23.7 Å². The smallest absolute Gasteiger partial charge is 0.366 e. The number of hydrogen-bond acceptors (Lipinski definition) is 4. The number of hydrogen-bond donors (Lipinski definition) is 0. The Hall–Kier alpha value is -2.06. The number of aromatic nitrogens is 2. The predicted molar refractivity (Wildman–Crippen MR) is 106 cm³/mol. The van der Waals surface area contributed by atoms with Crippen molar-refractivity contribution < 1.29 is 18.0 Å². The highest BCUT2D eigenvalue weighted by Gasteiger charge is 2.38. The van der Waals surface area contributed by atoms with Crippen LogP contribution >= 0.6 is 11.6 Å². The second-order valence-corrected chi connectivity index (χ2v) is 7.89. The average Bonchev–Trinajstić information content (AvgIpc) is 2.94. The lowest BCUT2D eigenvalue weighted by Gasteiger charge is -2.43. The Bertz CT molecular complexity index is 883. The van der Waals surface area contributed by atoms with Gasteiger partial charge < -0.3 is 9.69 Å². The first-order chi connectivity index (χ1) is 13.6. The third-order valence-electron chi connectivity index (χ3n) is 5.38. The Balaban J connectivity index is 1.73. The van der Waals surface area contributed by atoms with Gasteiger partial charge in [0.1, 0.15) is 6.29 Å². The third kappa shape index (κ3) is 4.59. The minimum atomic E-state index is -4.63. The van der Waals surface area contributed by atoms with Crippen LogP contribution in [-0.4, -0.2) is 52.7 Å². The summed E-state index contributed by atoms with van der Waals surface area (Å²) in [5.41, 5.74) is 1.40. The maximum absolute atomic E-state index is 13.1. The molecule has 0 aliphatic carbocycles. The normalized spacial score (nSPS) is 19.4.